The van der Waals surface area contributed by atoms with E-state index in [0.717, 1.165) is 22.2 Å². The van der Waals surface area contributed by atoms with Gasteiger partial charge in [0, 0.05) is 28.8 Å². The largest absolute Gasteiger partial charge is 0.496 e. The summed E-state index contributed by atoms with van der Waals surface area (Å²) in [4.78, 5) is 0. The minimum absolute atomic E-state index is 0.658. The maximum Gasteiger partial charge on any atom is 0.128 e. The van der Waals surface area contributed by atoms with Gasteiger partial charge >= 0.3 is 0 Å². The number of hydrogen-bond acceptors (Lipinski definition) is 2. The van der Waals surface area contributed by atoms with Crippen molar-refractivity contribution in [2.24, 2.45) is 0 Å². The fourth-order valence-corrected chi connectivity index (χ4v) is 2.58. The van der Waals surface area contributed by atoms with Gasteiger partial charge in [-0.2, -0.15) is 0 Å². The number of hydrogen-bond donors (Lipinski definition) is 1. The van der Waals surface area contributed by atoms with Gasteiger partial charge in [0.2, 0.25) is 0 Å². The molecular weight excluding hydrogens is 272 g/mol. The van der Waals surface area contributed by atoms with Crippen molar-refractivity contribution in [2.75, 3.05) is 12.8 Å². The highest BCUT2D eigenvalue weighted by atomic mass is 35.5. The summed E-state index contributed by atoms with van der Waals surface area (Å²) in [5.74, 6) is 0.880. The van der Waals surface area contributed by atoms with Crippen molar-refractivity contribution >= 4 is 28.2 Å². The van der Waals surface area contributed by atoms with Crippen LogP contribution in [0, 0.1) is 0 Å². The van der Waals surface area contributed by atoms with Crippen LogP contribution >= 0.6 is 11.6 Å². The minimum atomic E-state index is 0.658. The van der Waals surface area contributed by atoms with E-state index in [1.165, 1.54) is 0 Å². The first-order valence-corrected chi connectivity index (χ1v) is 6.72. The van der Waals surface area contributed by atoms with Crippen molar-refractivity contribution in [3.8, 4) is 5.75 Å². The molecule has 1 aromatic heterocycles. The van der Waals surface area contributed by atoms with Crippen LogP contribution in [0.4, 0.5) is 5.69 Å². The van der Waals surface area contributed by atoms with Gasteiger partial charge in [0.15, 0.2) is 0 Å². The fraction of sp³-hybridized carbons (Fsp3) is 0.125. The van der Waals surface area contributed by atoms with Gasteiger partial charge in [0.1, 0.15) is 5.75 Å². The number of anilines is 1. The van der Waals surface area contributed by atoms with Crippen LogP contribution in [0.2, 0.25) is 5.02 Å². The van der Waals surface area contributed by atoms with Gasteiger partial charge in [-0.1, -0.05) is 23.7 Å². The second-order valence-corrected chi connectivity index (χ2v) is 5.12. The molecule has 2 N–H and O–H groups in total. The van der Waals surface area contributed by atoms with Crippen LogP contribution in [0.25, 0.3) is 10.9 Å². The predicted octanol–water partition coefficient (Wildman–Crippen LogP) is 3.93. The van der Waals surface area contributed by atoms with Crippen LogP contribution in [0.3, 0.4) is 0 Å². The zero-order valence-electron chi connectivity index (χ0n) is 11.1. The third kappa shape index (κ3) is 2.21. The normalized spacial score (nSPS) is 10.9. The highest BCUT2D eigenvalue weighted by molar-refractivity contribution is 6.30. The number of nitrogens with two attached hydrogens (primary N) is 1. The maximum absolute atomic E-state index is 6.02. The monoisotopic (exact) mass is 286 g/mol. The summed E-state index contributed by atoms with van der Waals surface area (Å²) in [6.07, 6.45) is 2.04. The van der Waals surface area contributed by atoms with Crippen LogP contribution in [-0.2, 0) is 6.54 Å². The Morgan fingerprint density at radius 1 is 1.20 bits per heavy atom. The van der Waals surface area contributed by atoms with Crippen molar-refractivity contribution in [2.45, 2.75) is 6.54 Å². The van der Waals surface area contributed by atoms with Crippen molar-refractivity contribution in [3.05, 3.63) is 59.2 Å². The Morgan fingerprint density at radius 2 is 2.05 bits per heavy atom. The van der Waals surface area contributed by atoms with Crippen molar-refractivity contribution in [1.29, 1.82) is 0 Å². The van der Waals surface area contributed by atoms with E-state index in [9.17, 15) is 0 Å². The summed E-state index contributed by atoms with van der Waals surface area (Å²) in [5, 5.41) is 1.76. The van der Waals surface area contributed by atoms with Crippen molar-refractivity contribution in [1.82, 2.24) is 4.57 Å². The lowest BCUT2D eigenvalue weighted by Crippen LogP contribution is -2.01. The zero-order chi connectivity index (χ0) is 14.1. The summed E-state index contributed by atoms with van der Waals surface area (Å²) in [5.41, 5.74) is 8.90. The SMILES string of the molecule is COc1cccc2c1ccn2Cc1ccc(Cl)cc1N. The molecule has 3 nitrogen and oxygen atoms in total. The number of halogens is 1. The Kier molecular flexibility index (Phi) is 3.28. The number of fused-ring (bicyclic) bond motifs is 1. The third-order valence-corrected chi connectivity index (χ3v) is 3.68. The molecule has 0 bridgehead atoms. The van der Waals surface area contributed by atoms with Crippen LogP contribution < -0.4 is 10.5 Å². The Balaban J connectivity index is 2.03. The van der Waals surface area contributed by atoms with Crippen molar-refractivity contribution in [3.63, 3.8) is 0 Å². The van der Waals surface area contributed by atoms with E-state index in [2.05, 4.69) is 16.7 Å². The smallest absolute Gasteiger partial charge is 0.128 e. The average Bonchev–Trinajstić information content (AvgIpc) is 2.85. The van der Waals surface area contributed by atoms with E-state index < -0.39 is 0 Å². The highest BCUT2D eigenvalue weighted by Crippen LogP contribution is 2.27. The molecule has 0 aliphatic heterocycles. The van der Waals surface area contributed by atoms with Gasteiger partial charge in [-0.3, -0.25) is 0 Å². The topological polar surface area (TPSA) is 40.2 Å². The van der Waals surface area contributed by atoms with Crippen LogP contribution in [0.15, 0.2) is 48.7 Å². The lowest BCUT2D eigenvalue weighted by molar-refractivity contribution is 0.420. The van der Waals surface area contributed by atoms with E-state index in [4.69, 9.17) is 22.1 Å². The molecule has 4 heteroatoms. The molecule has 3 aromatic rings. The molecule has 0 aliphatic carbocycles. The minimum Gasteiger partial charge on any atom is -0.496 e. The first-order chi connectivity index (χ1) is 9.69. The molecule has 20 heavy (non-hydrogen) atoms. The number of rotatable bonds is 3. The van der Waals surface area contributed by atoms with Crippen LogP contribution in [0.1, 0.15) is 5.56 Å². The molecule has 0 amide bonds. The van der Waals surface area contributed by atoms with E-state index in [1.54, 1.807) is 13.2 Å². The van der Waals surface area contributed by atoms with Gasteiger partial charge < -0.3 is 15.0 Å². The highest BCUT2D eigenvalue weighted by Gasteiger charge is 2.07. The summed E-state index contributed by atoms with van der Waals surface area (Å²) in [6.45, 7) is 0.708. The third-order valence-electron chi connectivity index (χ3n) is 3.44. The van der Waals surface area contributed by atoms with Gasteiger partial charge in [-0.25, -0.2) is 0 Å². The Labute approximate surface area is 122 Å². The molecule has 0 radical (unpaired) electrons. The second-order valence-electron chi connectivity index (χ2n) is 4.68. The maximum atomic E-state index is 6.02. The fourth-order valence-electron chi connectivity index (χ4n) is 2.40. The summed E-state index contributed by atoms with van der Waals surface area (Å²) in [6, 6.07) is 13.7. The Morgan fingerprint density at radius 3 is 2.80 bits per heavy atom. The standard InChI is InChI=1S/C16H15ClN2O/c1-20-16-4-2-3-15-13(16)7-8-19(15)10-11-5-6-12(17)9-14(11)18/h2-9H,10,18H2,1H3. The molecule has 0 aliphatic rings. The molecule has 3 rings (SSSR count). The summed E-state index contributed by atoms with van der Waals surface area (Å²) >= 11 is 5.93. The van der Waals surface area contributed by atoms with Gasteiger partial charge in [-0.15, -0.1) is 0 Å². The van der Waals surface area contributed by atoms with Gasteiger partial charge in [0.25, 0.3) is 0 Å². The molecule has 1 heterocycles. The number of benzene rings is 2. The molecule has 0 spiro atoms. The quantitative estimate of drug-likeness (QED) is 0.741. The first kappa shape index (κ1) is 12.9. The summed E-state index contributed by atoms with van der Waals surface area (Å²) in [7, 11) is 1.68. The second kappa shape index (κ2) is 5.10. The molecule has 0 saturated carbocycles. The van der Waals surface area contributed by atoms with Gasteiger partial charge in [0.05, 0.1) is 12.6 Å². The van der Waals surface area contributed by atoms with E-state index >= 15 is 0 Å². The number of nitrogen functional groups attached to an aromatic ring is 1. The Bertz CT molecular complexity index is 764. The molecule has 0 unspecified atom stereocenters. The zero-order valence-corrected chi connectivity index (χ0v) is 11.9. The van der Waals surface area contributed by atoms with E-state index in [1.807, 2.05) is 30.5 Å². The predicted molar refractivity (Wildman–Crippen MR) is 83.5 cm³/mol. The number of nitrogens with zero attached hydrogens (tertiary/aromatic N) is 1. The molecule has 102 valence electrons. The molecule has 0 fully saturated rings. The number of methoxy groups -OCH3 is 1. The lowest BCUT2D eigenvalue weighted by Gasteiger charge is -2.09. The first-order valence-electron chi connectivity index (χ1n) is 6.35. The Hall–Kier alpha value is -2.13. The number of aromatic nitrogens is 1. The average molecular weight is 287 g/mol. The molecule has 0 saturated heterocycles. The molecule has 0 atom stereocenters. The molecule has 2 aromatic carbocycles. The molecular formula is C16H15ClN2O. The van der Waals surface area contributed by atoms with E-state index in [-0.39, 0.29) is 0 Å². The van der Waals surface area contributed by atoms with Crippen LogP contribution in [0.5, 0.6) is 5.75 Å². The van der Waals surface area contributed by atoms with E-state index in [0.29, 0.717) is 17.3 Å². The van der Waals surface area contributed by atoms with Crippen LogP contribution in [-0.4, -0.2) is 11.7 Å². The van der Waals surface area contributed by atoms with Crippen molar-refractivity contribution < 1.29 is 4.74 Å². The summed E-state index contributed by atoms with van der Waals surface area (Å²) < 4.78 is 7.53. The lowest BCUT2D eigenvalue weighted by atomic mass is 10.2. The van der Waals surface area contributed by atoms with Gasteiger partial charge in [-0.05, 0) is 35.9 Å². The number of ether oxygens (including phenoxy) is 1.